The Labute approximate surface area is 117 Å². The highest BCUT2D eigenvalue weighted by Gasteiger charge is 2.27. The van der Waals surface area contributed by atoms with Gasteiger partial charge in [-0.15, -0.1) is 0 Å². The van der Waals surface area contributed by atoms with Crippen LogP contribution in [0.4, 0.5) is 11.5 Å². The summed E-state index contributed by atoms with van der Waals surface area (Å²) in [6, 6.07) is 0. The van der Waals surface area contributed by atoms with E-state index in [1.165, 1.54) is 4.68 Å². The predicted octanol–water partition coefficient (Wildman–Crippen LogP) is 1.32. The number of hydrogen-bond acceptors (Lipinski definition) is 6. The van der Waals surface area contributed by atoms with Gasteiger partial charge in [0.25, 0.3) is 0 Å². The molecule has 0 aromatic carbocycles. The average Bonchev–Trinajstić information content (AvgIpc) is 2.70. The number of ether oxygens (including phenoxy) is 1. The van der Waals surface area contributed by atoms with Gasteiger partial charge in [0, 0.05) is 33.2 Å². The van der Waals surface area contributed by atoms with Crippen LogP contribution in [0, 0.1) is 17.0 Å². The summed E-state index contributed by atoms with van der Waals surface area (Å²) in [6.07, 6.45) is 0.434. The Morgan fingerprint density at radius 2 is 2.25 bits per heavy atom. The quantitative estimate of drug-likeness (QED) is 0.552. The maximum atomic E-state index is 11.1. The first-order valence-electron chi connectivity index (χ1n) is 6.49. The van der Waals surface area contributed by atoms with Crippen molar-refractivity contribution >= 4 is 11.5 Å². The number of methoxy groups -OCH3 is 1. The summed E-state index contributed by atoms with van der Waals surface area (Å²) < 4.78 is 6.45. The Hall–Kier alpha value is -1.67. The Morgan fingerprint density at radius 1 is 1.60 bits per heavy atom. The van der Waals surface area contributed by atoms with Gasteiger partial charge < -0.3 is 15.2 Å². The molecule has 8 nitrogen and oxygen atoms in total. The fourth-order valence-corrected chi connectivity index (χ4v) is 1.88. The zero-order valence-electron chi connectivity index (χ0n) is 12.3. The SMILES string of the molecule is CCn1nc(C)c([N+](=O)[O-])c1NCC(C)(O)CCOC. The van der Waals surface area contributed by atoms with Gasteiger partial charge in [0.1, 0.15) is 5.69 Å². The van der Waals surface area contributed by atoms with E-state index in [2.05, 4.69) is 10.4 Å². The van der Waals surface area contributed by atoms with Crippen molar-refractivity contribution in [1.29, 1.82) is 0 Å². The lowest BCUT2D eigenvalue weighted by Gasteiger charge is -2.23. The van der Waals surface area contributed by atoms with E-state index < -0.39 is 10.5 Å². The highest BCUT2D eigenvalue weighted by molar-refractivity contribution is 5.59. The van der Waals surface area contributed by atoms with Crippen LogP contribution in [-0.2, 0) is 11.3 Å². The second kappa shape index (κ2) is 6.67. The van der Waals surface area contributed by atoms with Crippen molar-refractivity contribution < 1.29 is 14.8 Å². The van der Waals surface area contributed by atoms with E-state index in [1.807, 2.05) is 6.92 Å². The van der Waals surface area contributed by atoms with E-state index in [0.717, 1.165) is 0 Å². The molecule has 1 aromatic heterocycles. The van der Waals surface area contributed by atoms with Crippen molar-refractivity contribution in [3.05, 3.63) is 15.8 Å². The molecule has 0 saturated carbocycles. The van der Waals surface area contributed by atoms with Crippen LogP contribution in [0.1, 0.15) is 26.0 Å². The molecule has 1 heterocycles. The molecule has 114 valence electrons. The fourth-order valence-electron chi connectivity index (χ4n) is 1.88. The summed E-state index contributed by atoms with van der Waals surface area (Å²) in [5.41, 5.74) is -0.703. The van der Waals surface area contributed by atoms with Crippen LogP contribution in [0.5, 0.6) is 0 Å². The van der Waals surface area contributed by atoms with Crippen LogP contribution in [0.3, 0.4) is 0 Å². The first kappa shape index (κ1) is 16.4. The first-order chi connectivity index (χ1) is 9.32. The first-order valence-corrected chi connectivity index (χ1v) is 6.49. The molecule has 0 aliphatic carbocycles. The van der Waals surface area contributed by atoms with Crippen molar-refractivity contribution in [2.75, 3.05) is 25.6 Å². The molecule has 1 rings (SSSR count). The molecule has 8 heteroatoms. The second-order valence-electron chi connectivity index (χ2n) is 4.95. The maximum absolute atomic E-state index is 11.1. The van der Waals surface area contributed by atoms with Crippen LogP contribution < -0.4 is 5.32 Å². The third-order valence-corrected chi connectivity index (χ3v) is 3.06. The number of aromatic nitrogens is 2. The molecule has 0 aliphatic heterocycles. The van der Waals surface area contributed by atoms with Crippen molar-refractivity contribution in [3.8, 4) is 0 Å². The summed E-state index contributed by atoms with van der Waals surface area (Å²) in [4.78, 5) is 10.6. The minimum Gasteiger partial charge on any atom is -0.388 e. The smallest absolute Gasteiger partial charge is 0.333 e. The highest BCUT2D eigenvalue weighted by atomic mass is 16.6. The summed E-state index contributed by atoms with van der Waals surface area (Å²) >= 11 is 0. The number of aryl methyl sites for hydroxylation is 2. The maximum Gasteiger partial charge on any atom is 0.333 e. The van der Waals surface area contributed by atoms with Gasteiger partial charge in [0.05, 0.1) is 10.5 Å². The van der Waals surface area contributed by atoms with Crippen molar-refractivity contribution in [2.45, 2.75) is 39.3 Å². The van der Waals surface area contributed by atoms with Crippen LogP contribution in [0.15, 0.2) is 0 Å². The number of rotatable bonds is 8. The molecule has 0 amide bonds. The number of nitro groups is 1. The molecule has 1 atom stereocenters. The van der Waals surface area contributed by atoms with Crippen molar-refractivity contribution in [1.82, 2.24) is 9.78 Å². The molecule has 1 aromatic rings. The van der Waals surface area contributed by atoms with Crippen LogP contribution in [0.25, 0.3) is 0 Å². The molecule has 0 aliphatic rings. The lowest BCUT2D eigenvalue weighted by Crippen LogP contribution is -2.35. The monoisotopic (exact) mass is 286 g/mol. The molecule has 0 bridgehead atoms. The van der Waals surface area contributed by atoms with Gasteiger partial charge in [-0.05, 0) is 20.8 Å². The fraction of sp³-hybridized carbons (Fsp3) is 0.750. The van der Waals surface area contributed by atoms with Gasteiger partial charge in [-0.3, -0.25) is 10.1 Å². The molecule has 1 unspecified atom stereocenters. The van der Waals surface area contributed by atoms with E-state index >= 15 is 0 Å². The summed E-state index contributed by atoms with van der Waals surface area (Å²) in [6.45, 7) is 6.22. The second-order valence-corrected chi connectivity index (χ2v) is 4.95. The molecule has 0 spiro atoms. The molecule has 2 N–H and O–H groups in total. The zero-order valence-corrected chi connectivity index (χ0v) is 12.3. The van der Waals surface area contributed by atoms with Gasteiger partial charge >= 0.3 is 5.69 Å². The standard InChI is InChI=1S/C12H22N4O4/c1-5-15-11(10(16(18)19)9(2)14-15)13-8-12(3,17)6-7-20-4/h13,17H,5-8H2,1-4H3. The zero-order chi connectivity index (χ0) is 15.3. The van der Waals surface area contributed by atoms with Gasteiger partial charge in [-0.1, -0.05) is 0 Å². The van der Waals surface area contributed by atoms with Gasteiger partial charge in [-0.25, -0.2) is 4.68 Å². The summed E-state index contributed by atoms with van der Waals surface area (Å²) in [5.74, 6) is 0.327. The average molecular weight is 286 g/mol. The van der Waals surface area contributed by atoms with E-state index in [-0.39, 0.29) is 12.2 Å². The van der Waals surface area contributed by atoms with E-state index in [0.29, 0.717) is 31.1 Å². The molecule has 0 saturated heterocycles. The Bertz CT molecular complexity index is 470. The number of nitrogens with zero attached hydrogens (tertiary/aromatic N) is 3. The van der Waals surface area contributed by atoms with Crippen LogP contribution in [-0.4, -0.2) is 45.7 Å². The third kappa shape index (κ3) is 3.91. The third-order valence-electron chi connectivity index (χ3n) is 3.06. The lowest BCUT2D eigenvalue weighted by molar-refractivity contribution is -0.384. The Balaban J connectivity index is 2.88. The number of aliphatic hydroxyl groups is 1. The Morgan fingerprint density at radius 3 is 2.75 bits per heavy atom. The van der Waals surface area contributed by atoms with Crippen LogP contribution in [0.2, 0.25) is 0 Å². The van der Waals surface area contributed by atoms with E-state index in [1.54, 1.807) is 21.0 Å². The van der Waals surface area contributed by atoms with E-state index in [9.17, 15) is 15.2 Å². The number of anilines is 1. The molecule has 0 fully saturated rings. The normalized spacial score (nSPS) is 14.1. The molecule has 20 heavy (non-hydrogen) atoms. The van der Waals surface area contributed by atoms with Gasteiger partial charge in [-0.2, -0.15) is 5.10 Å². The summed E-state index contributed by atoms with van der Waals surface area (Å²) in [7, 11) is 1.56. The topological polar surface area (TPSA) is 102 Å². The van der Waals surface area contributed by atoms with Gasteiger partial charge in [0.2, 0.25) is 5.82 Å². The Kier molecular flexibility index (Phi) is 5.46. The highest BCUT2D eigenvalue weighted by Crippen LogP contribution is 2.28. The van der Waals surface area contributed by atoms with Crippen molar-refractivity contribution in [2.24, 2.45) is 0 Å². The minimum atomic E-state index is -1.01. The number of nitrogens with one attached hydrogen (secondary N) is 1. The molecular formula is C12H22N4O4. The lowest BCUT2D eigenvalue weighted by atomic mass is 10.0. The van der Waals surface area contributed by atoms with Gasteiger partial charge in [0.15, 0.2) is 0 Å². The predicted molar refractivity (Wildman–Crippen MR) is 74.9 cm³/mol. The number of hydrogen-bond donors (Lipinski definition) is 2. The molecule has 0 radical (unpaired) electrons. The molecular weight excluding hydrogens is 264 g/mol. The van der Waals surface area contributed by atoms with Crippen molar-refractivity contribution in [3.63, 3.8) is 0 Å². The van der Waals surface area contributed by atoms with Crippen LogP contribution >= 0.6 is 0 Å². The largest absolute Gasteiger partial charge is 0.388 e. The summed E-state index contributed by atoms with van der Waals surface area (Å²) in [5, 5.41) is 28.3. The minimum absolute atomic E-state index is 0.0469. The van der Waals surface area contributed by atoms with E-state index in [4.69, 9.17) is 4.74 Å².